The Morgan fingerprint density at radius 3 is 2.09 bits per heavy atom. The number of aromatic nitrogens is 1. The third-order valence-corrected chi connectivity index (χ3v) is 7.33. The van der Waals surface area contributed by atoms with Gasteiger partial charge in [-0.25, -0.2) is 0 Å². The van der Waals surface area contributed by atoms with Gasteiger partial charge in [0, 0.05) is 10.9 Å². The molecule has 1 saturated heterocycles. The van der Waals surface area contributed by atoms with Gasteiger partial charge in [-0.15, -0.1) is 0 Å². The number of aliphatic hydroxyl groups is 1. The van der Waals surface area contributed by atoms with Crippen molar-refractivity contribution in [2.45, 2.75) is 52.2 Å². The quantitative estimate of drug-likeness (QED) is 0.402. The van der Waals surface area contributed by atoms with Gasteiger partial charge in [0.25, 0.3) is 0 Å². The summed E-state index contributed by atoms with van der Waals surface area (Å²) in [7, 11) is 0. The Morgan fingerprint density at radius 2 is 1.44 bits per heavy atom. The van der Waals surface area contributed by atoms with Crippen LogP contribution in [0, 0.1) is 13.8 Å². The van der Waals surface area contributed by atoms with Crippen LogP contribution in [0.15, 0.2) is 72.8 Å². The SMILES string of the molecule is Cc1cc(C)c2c(c1)c(-c1ccccc1)c(-c1ccccc1)n2C[C@@H](O)C[NH+]1CCCCCC1. The molecule has 0 unspecified atom stereocenters. The van der Waals surface area contributed by atoms with Crippen LogP contribution in [0.2, 0.25) is 0 Å². The number of hydrogen-bond donors (Lipinski definition) is 2. The van der Waals surface area contributed by atoms with Crippen molar-refractivity contribution in [2.24, 2.45) is 0 Å². The molecule has 5 rings (SSSR count). The zero-order valence-electron chi connectivity index (χ0n) is 20.6. The molecule has 0 bridgehead atoms. The molecule has 1 atom stereocenters. The lowest BCUT2D eigenvalue weighted by atomic mass is 9.97. The van der Waals surface area contributed by atoms with E-state index in [9.17, 15) is 5.11 Å². The maximum Gasteiger partial charge on any atom is 0.121 e. The van der Waals surface area contributed by atoms with Gasteiger partial charge in [-0.2, -0.15) is 0 Å². The van der Waals surface area contributed by atoms with Gasteiger partial charge in [0.05, 0.1) is 30.8 Å². The molecule has 4 aromatic rings. The summed E-state index contributed by atoms with van der Waals surface area (Å²) in [6.45, 7) is 8.19. The van der Waals surface area contributed by atoms with Crippen molar-refractivity contribution in [3.63, 3.8) is 0 Å². The van der Waals surface area contributed by atoms with E-state index < -0.39 is 0 Å². The number of benzene rings is 3. The van der Waals surface area contributed by atoms with Crippen molar-refractivity contribution in [1.29, 1.82) is 0 Å². The van der Waals surface area contributed by atoms with E-state index in [2.05, 4.69) is 91.2 Å². The summed E-state index contributed by atoms with van der Waals surface area (Å²) in [4.78, 5) is 1.55. The van der Waals surface area contributed by atoms with Crippen LogP contribution in [-0.2, 0) is 6.54 Å². The van der Waals surface area contributed by atoms with E-state index >= 15 is 0 Å². The zero-order valence-corrected chi connectivity index (χ0v) is 20.6. The zero-order chi connectivity index (χ0) is 23.5. The predicted molar refractivity (Wildman–Crippen MR) is 142 cm³/mol. The largest absolute Gasteiger partial charge is 0.385 e. The fraction of sp³-hybridized carbons (Fsp3) is 0.355. The van der Waals surface area contributed by atoms with Gasteiger partial charge < -0.3 is 14.6 Å². The summed E-state index contributed by atoms with van der Waals surface area (Å²) in [5.74, 6) is 0. The molecule has 1 fully saturated rings. The number of fused-ring (bicyclic) bond motifs is 1. The van der Waals surface area contributed by atoms with E-state index in [1.165, 1.54) is 83.2 Å². The van der Waals surface area contributed by atoms with Gasteiger partial charge in [-0.05, 0) is 62.3 Å². The normalized spacial score (nSPS) is 16.0. The van der Waals surface area contributed by atoms with E-state index in [-0.39, 0.29) is 6.10 Å². The molecule has 3 aromatic carbocycles. The average molecular weight is 454 g/mol. The highest BCUT2D eigenvalue weighted by Gasteiger charge is 2.25. The molecular weight excluding hydrogens is 416 g/mol. The molecular formula is C31H37N2O+. The Morgan fingerprint density at radius 1 is 0.824 bits per heavy atom. The lowest BCUT2D eigenvalue weighted by Crippen LogP contribution is -3.13. The summed E-state index contributed by atoms with van der Waals surface area (Å²) in [6.07, 6.45) is 4.84. The molecule has 0 amide bonds. The van der Waals surface area contributed by atoms with Crippen LogP contribution in [0.1, 0.15) is 36.8 Å². The topological polar surface area (TPSA) is 29.6 Å². The van der Waals surface area contributed by atoms with Crippen LogP contribution >= 0.6 is 0 Å². The predicted octanol–water partition coefficient (Wildman–Crippen LogP) is 5.41. The fourth-order valence-corrected chi connectivity index (χ4v) is 5.90. The maximum atomic E-state index is 11.4. The number of nitrogens with zero attached hydrogens (tertiary/aromatic N) is 1. The highest BCUT2D eigenvalue weighted by atomic mass is 16.3. The number of aryl methyl sites for hydroxylation is 2. The average Bonchev–Trinajstić information content (AvgIpc) is 2.96. The van der Waals surface area contributed by atoms with Crippen LogP contribution in [0.25, 0.3) is 33.3 Å². The number of hydrogen-bond acceptors (Lipinski definition) is 1. The lowest BCUT2D eigenvalue weighted by molar-refractivity contribution is -0.902. The van der Waals surface area contributed by atoms with Gasteiger partial charge in [-0.1, -0.05) is 72.3 Å². The minimum absolute atomic E-state index is 0.379. The van der Waals surface area contributed by atoms with Crippen molar-refractivity contribution in [1.82, 2.24) is 4.57 Å². The minimum Gasteiger partial charge on any atom is -0.385 e. The van der Waals surface area contributed by atoms with Crippen LogP contribution in [0.4, 0.5) is 0 Å². The van der Waals surface area contributed by atoms with E-state index in [4.69, 9.17) is 0 Å². The van der Waals surface area contributed by atoms with Gasteiger partial charge >= 0.3 is 0 Å². The van der Waals surface area contributed by atoms with Crippen LogP contribution < -0.4 is 4.90 Å². The molecule has 3 heteroatoms. The third kappa shape index (κ3) is 4.68. The highest BCUT2D eigenvalue weighted by Crippen LogP contribution is 2.42. The Labute approximate surface area is 203 Å². The van der Waals surface area contributed by atoms with Gasteiger partial charge in [0.2, 0.25) is 0 Å². The molecule has 1 aromatic heterocycles. The molecule has 0 radical (unpaired) electrons. The number of rotatable bonds is 6. The Balaban J connectivity index is 1.67. The van der Waals surface area contributed by atoms with Crippen molar-refractivity contribution >= 4 is 10.9 Å². The Kier molecular flexibility index (Phi) is 6.85. The first-order valence-corrected chi connectivity index (χ1v) is 12.9. The summed E-state index contributed by atoms with van der Waals surface area (Å²) >= 11 is 0. The van der Waals surface area contributed by atoms with Crippen molar-refractivity contribution < 1.29 is 10.0 Å². The van der Waals surface area contributed by atoms with E-state index in [0.29, 0.717) is 6.54 Å². The summed E-state index contributed by atoms with van der Waals surface area (Å²) < 4.78 is 2.41. The first-order chi connectivity index (χ1) is 16.6. The van der Waals surface area contributed by atoms with Gasteiger partial charge in [0.1, 0.15) is 12.6 Å². The maximum absolute atomic E-state index is 11.4. The van der Waals surface area contributed by atoms with Crippen molar-refractivity contribution in [3.8, 4) is 22.4 Å². The monoisotopic (exact) mass is 453 g/mol. The number of aliphatic hydroxyl groups excluding tert-OH is 1. The van der Waals surface area contributed by atoms with Gasteiger partial charge in [-0.3, -0.25) is 0 Å². The summed E-state index contributed by atoms with van der Waals surface area (Å²) in [5, 5.41) is 12.6. The second kappa shape index (κ2) is 10.2. The summed E-state index contributed by atoms with van der Waals surface area (Å²) in [6, 6.07) is 26.0. The Hall–Kier alpha value is -2.88. The molecule has 2 N–H and O–H groups in total. The van der Waals surface area contributed by atoms with Crippen LogP contribution in [0.3, 0.4) is 0 Å². The standard InChI is InChI=1S/C31H36N2O/c1-23-19-24(2)30-28(20-23)29(25-13-7-5-8-14-25)31(26-15-9-6-10-16-26)33(30)22-27(34)21-32-17-11-3-4-12-18-32/h5-10,13-16,19-20,27,34H,3-4,11-12,17-18,21-22H2,1-2H3/p+1/t27-/m0/s1. The lowest BCUT2D eigenvalue weighted by Gasteiger charge is -2.22. The second-order valence-electron chi connectivity index (χ2n) is 10.1. The number of nitrogens with one attached hydrogen (secondary N) is 1. The molecule has 0 spiro atoms. The molecule has 0 saturated carbocycles. The molecule has 176 valence electrons. The van der Waals surface area contributed by atoms with Gasteiger partial charge in [0.15, 0.2) is 0 Å². The minimum atomic E-state index is -0.379. The van der Waals surface area contributed by atoms with Crippen molar-refractivity contribution in [2.75, 3.05) is 19.6 Å². The van der Waals surface area contributed by atoms with Crippen LogP contribution in [0.5, 0.6) is 0 Å². The first kappa shape index (κ1) is 22.9. The highest BCUT2D eigenvalue weighted by molar-refractivity contribution is 6.06. The fourth-order valence-electron chi connectivity index (χ4n) is 5.90. The number of quaternary nitrogens is 1. The van der Waals surface area contributed by atoms with E-state index in [1.54, 1.807) is 4.90 Å². The first-order valence-electron chi connectivity index (χ1n) is 12.9. The summed E-state index contributed by atoms with van der Waals surface area (Å²) in [5.41, 5.74) is 8.68. The Bertz CT molecular complexity index is 1240. The molecule has 1 aliphatic heterocycles. The molecule has 3 nitrogen and oxygen atoms in total. The van der Waals surface area contributed by atoms with Crippen LogP contribution in [-0.4, -0.2) is 35.4 Å². The van der Waals surface area contributed by atoms with E-state index in [1.807, 2.05) is 0 Å². The smallest absolute Gasteiger partial charge is 0.121 e. The van der Waals surface area contributed by atoms with E-state index in [0.717, 1.165) is 6.54 Å². The third-order valence-electron chi connectivity index (χ3n) is 7.33. The molecule has 34 heavy (non-hydrogen) atoms. The second-order valence-corrected chi connectivity index (χ2v) is 10.1. The molecule has 0 aliphatic carbocycles. The molecule has 1 aliphatic rings. The molecule has 2 heterocycles. The van der Waals surface area contributed by atoms with Crippen molar-refractivity contribution in [3.05, 3.63) is 83.9 Å². The number of likely N-dealkylation sites (tertiary alicyclic amines) is 1.